The Morgan fingerprint density at radius 3 is 1.35 bits per heavy atom. The lowest BCUT2D eigenvalue weighted by Gasteiger charge is -2.26. The minimum Gasteiger partial charge on any atom is -0.311 e. The number of rotatable bonds is 9. The SMILES string of the molecule is c1ccc(-c2c(-c3ccccc3)c3cc(-c4ccc(N(c5ccc(-c6ccc7ccccc7c6)cc5)c5ccc(-c6cccc7c8ccccc8n(-c8ccccc8)c67)cc5)cc4)ccc3c3ccccc23)cc1. The van der Waals surface area contributed by atoms with E-state index >= 15 is 0 Å². The van der Waals surface area contributed by atoms with Gasteiger partial charge >= 0.3 is 0 Å². The molecular formula is C72H48N2. The minimum atomic E-state index is 1.08. The average Bonchev–Trinajstić information content (AvgIpc) is 3.85. The fourth-order valence-corrected chi connectivity index (χ4v) is 11.5. The van der Waals surface area contributed by atoms with Crippen molar-refractivity contribution in [1.29, 1.82) is 0 Å². The molecule has 0 bridgehead atoms. The Hall–Kier alpha value is -9.76. The summed E-state index contributed by atoms with van der Waals surface area (Å²) in [5.41, 5.74) is 18.8. The molecular weight excluding hydrogens is 893 g/mol. The first-order valence-electron chi connectivity index (χ1n) is 25.5. The molecule has 0 saturated carbocycles. The van der Waals surface area contributed by atoms with Crippen LogP contribution < -0.4 is 4.90 Å². The van der Waals surface area contributed by atoms with Gasteiger partial charge in [-0.3, -0.25) is 0 Å². The molecule has 1 aromatic heterocycles. The van der Waals surface area contributed by atoms with Crippen molar-refractivity contribution in [2.75, 3.05) is 4.90 Å². The first-order valence-corrected chi connectivity index (χ1v) is 25.5. The molecule has 0 radical (unpaired) electrons. The van der Waals surface area contributed by atoms with E-state index in [1.165, 1.54) is 98.6 Å². The maximum Gasteiger partial charge on any atom is 0.0619 e. The third-order valence-corrected chi connectivity index (χ3v) is 15.0. The molecule has 0 atom stereocenters. The smallest absolute Gasteiger partial charge is 0.0619 e. The topological polar surface area (TPSA) is 8.17 Å². The molecule has 74 heavy (non-hydrogen) atoms. The van der Waals surface area contributed by atoms with Crippen molar-refractivity contribution in [2.24, 2.45) is 0 Å². The molecule has 346 valence electrons. The zero-order chi connectivity index (χ0) is 49.0. The van der Waals surface area contributed by atoms with E-state index in [-0.39, 0.29) is 0 Å². The van der Waals surface area contributed by atoms with Crippen LogP contribution in [0.4, 0.5) is 17.1 Å². The first-order chi connectivity index (χ1) is 36.7. The quantitative estimate of drug-likeness (QED) is 0.131. The normalized spacial score (nSPS) is 11.5. The Bertz CT molecular complexity index is 4370. The third-order valence-electron chi connectivity index (χ3n) is 15.0. The number of anilines is 3. The number of aromatic nitrogens is 1. The third kappa shape index (κ3) is 7.43. The van der Waals surface area contributed by atoms with Gasteiger partial charge in [-0.15, -0.1) is 0 Å². The van der Waals surface area contributed by atoms with Gasteiger partial charge in [0.25, 0.3) is 0 Å². The summed E-state index contributed by atoms with van der Waals surface area (Å²) in [5.74, 6) is 0. The monoisotopic (exact) mass is 940 g/mol. The van der Waals surface area contributed by atoms with Crippen LogP contribution in [0.2, 0.25) is 0 Å². The van der Waals surface area contributed by atoms with E-state index in [1.807, 2.05) is 0 Å². The second-order valence-electron chi connectivity index (χ2n) is 19.2. The molecule has 14 rings (SSSR count). The Morgan fingerprint density at radius 1 is 0.243 bits per heavy atom. The van der Waals surface area contributed by atoms with Crippen molar-refractivity contribution in [3.63, 3.8) is 0 Å². The molecule has 0 fully saturated rings. The highest BCUT2D eigenvalue weighted by atomic mass is 15.1. The summed E-state index contributed by atoms with van der Waals surface area (Å²) < 4.78 is 2.42. The summed E-state index contributed by atoms with van der Waals surface area (Å²) in [6, 6.07) is 106. The molecule has 0 aliphatic heterocycles. The van der Waals surface area contributed by atoms with Crippen molar-refractivity contribution in [1.82, 2.24) is 4.57 Å². The van der Waals surface area contributed by atoms with Crippen molar-refractivity contribution >= 4 is 71.2 Å². The van der Waals surface area contributed by atoms with E-state index in [4.69, 9.17) is 0 Å². The van der Waals surface area contributed by atoms with Crippen molar-refractivity contribution in [3.8, 4) is 61.3 Å². The summed E-state index contributed by atoms with van der Waals surface area (Å²) in [6.45, 7) is 0. The molecule has 0 amide bonds. The summed E-state index contributed by atoms with van der Waals surface area (Å²) >= 11 is 0. The van der Waals surface area contributed by atoms with E-state index in [9.17, 15) is 0 Å². The molecule has 0 aliphatic carbocycles. The fourth-order valence-electron chi connectivity index (χ4n) is 11.5. The van der Waals surface area contributed by atoms with Crippen molar-refractivity contribution in [3.05, 3.63) is 291 Å². The van der Waals surface area contributed by atoms with Gasteiger partial charge in [0, 0.05) is 39.1 Å². The number of hydrogen-bond donors (Lipinski definition) is 0. The summed E-state index contributed by atoms with van der Waals surface area (Å²) in [4.78, 5) is 2.38. The number of nitrogens with zero attached hydrogens (tertiary/aromatic N) is 2. The van der Waals surface area contributed by atoms with Crippen LogP contribution in [0.15, 0.2) is 291 Å². The Morgan fingerprint density at radius 2 is 0.703 bits per heavy atom. The minimum absolute atomic E-state index is 1.08. The molecule has 1 heterocycles. The van der Waals surface area contributed by atoms with Gasteiger partial charge in [-0.1, -0.05) is 224 Å². The van der Waals surface area contributed by atoms with Gasteiger partial charge in [-0.2, -0.15) is 0 Å². The summed E-state index contributed by atoms with van der Waals surface area (Å²) in [6.07, 6.45) is 0. The lowest BCUT2D eigenvalue weighted by atomic mass is 9.84. The maximum absolute atomic E-state index is 2.42. The molecule has 0 spiro atoms. The largest absolute Gasteiger partial charge is 0.311 e. The average molecular weight is 941 g/mol. The Labute approximate surface area is 430 Å². The standard InChI is InChI=1S/C72H48N2/c1-4-18-53(19-5-1)70-66-27-13-12-25-63(66)64-46-39-57(48-68(64)71(70)54-20-6-2-7-21-54)51-35-42-60(43-36-51)73(59-40-33-50(34-41-59)56-32-31-49-17-10-11-22-55(49)47-56)61-44-37-52(38-45-61)62-28-16-29-67-65-26-14-15-30-69(65)74(72(62)67)58-23-8-3-9-24-58/h1-48H. The Kier molecular flexibility index (Phi) is 10.6. The summed E-state index contributed by atoms with van der Waals surface area (Å²) in [5, 5.41) is 9.98. The van der Waals surface area contributed by atoms with Crippen LogP contribution in [-0.4, -0.2) is 4.57 Å². The predicted octanol–water partition coefficient (Wildman–Crippen LogP) is 20.0. The molecule has 2 nitrogen and oxygen atoms in total. The van der Waals surface area contributed by atoms with Crippen LogP contribution >= 0.6 is 0 Å². The van der Waals surface area contributed by atoms with Gasteiger partial charge in [-0.05, 0) is 149 Å². The molecule has 0 aliphatic rings. The van der Waals surface area contributed by atoms with E-state index in [0.717, 1.165) is 33.9 Å². The van der Waals surface area contributed by atoms with Gasteiger partial charge in [0.2, 0.25) is 0 Å². The van der Waals surface area contributed by atoms with E-state index in [1.54, 1.807) is 0 Å². The lowest BCUT2D eigenvalue weighted by Crippen LogP contribution is -2.09. The highest BCUT2D eigenvalue weighted by Crippen LogP contribution is 2.46. The molecule has 2 heteroatoms. The number of benzene rings is 13. The fraction of sp³-hybridized carbons (Fsp3) is 0. The van der Waals surface area contributed by atoms with Crippen LogP contribution in [0.5, 0.6) is 0 Å². The zero-order valence-electron chi connectivity index (χ0n) is 40.6. The second kappa shape index (κ2) is 18.1. The number of fused-ring (bicyclic) bond motifs is 7. The molecule has 0 unspecified atom stereocenters. The van der Waals surface area contributed by atoms with Crippen LogP contribution in [0.25, 0.3) is 115 Å². The number of para-hydroxylation sites is 3. The highest BCUT2D eigenvalue weighted by molar-refractivity contribution is 6.22. The van der Waals surface area contributed by atoms with Gasteiger partial charge in [0.05, 0.1) is 11.0 Å². The lowest BCUT2D eigenvalue weighted by molar-refractivity contribution is 1.18. The van der Waals surface area contributed by atoms with Crippen LogP contribution in [0, 0.1) is 0 Å². The molecule has 13 aromatic carbocycles. The van der Waals surface area contributed by atoms with Crippen LogP contribution in [0.1, 0.15) is 0 Å². The van der Waals surface area contributed by atoms with Gasteiger partial charge in [0.15, 0.2) is 0 Å². The highest BCUT2D eigenvalue weighted by Gasteiger charge is 2.21. The Balaban J connectivity index is 0.890. The van der Waals surface area contributed by atoms with Crippen molar-refractivity contribution < 1.29 is 0 Å². The van der Waals surface area contributed by atoms with Gasteiger partial charge < -0.3 is 9.47 Å². The summed E-state index contributed by atoms with van der Waals surface area (Å²) in [7, 11) is 0. The predicted molar refractivity (Wildman–Crippen MR) is 315 cm³/mol. The molecule has 0 saturated heterocycles. The van der Waals surface area contributed by atoms with E-state index in [2.05, 4.69) is 301 Å². The van der Waals surface area contributed by atoms with Crippen LogP contribution in [-0.2, 0) is 0 Å². The maximum atomic E-state index is 2.42. The first kappa shape index (κ1) is 43.1. The zero-order valence-corrected chi connectivity index (χ0v) is 40.6. The van der Waals surface area contributed by atoms with Gasteiger partial charge in [0.1, 0.15) is 0 Å². The van der Waals surface area contributed by atoms with Crippen molar-refractivity contribution in [2.45, 2.75) is 0 Å². The van der Waals surface area contributed by atoms with E-state index in [0.29, 0.717) is 0 Å². The van der Waals surface area contributed by atoms with Gasteiger partial charge in [-0.25, -0.2) is 0 Å². The van der Waals surface area contributed by atoms with E-state index < -0.39 is 0 Å². The second-order valence-corrected chi connectivity index (χ2v) is 19.2. The molecule has 0 N–H and O–H groups in total. The number of hydrogen-bond acceptors (Lipinski definition) is 1. The molecule has 14 aromatic rings. The van der Waals surface area contributed by atoms with Crippen LogP contribution in [0.3, 0.4) is 0 Å².